The van der Waals surface area contributed by atoms with Crippen LogP contribution in [0.2, 0.25) is 0 Å². The first kappa shape index (κ1) is 19.0. The first-order chi connectivity index (χ1) is 13.5. The molecule has 2 N–H and O–H groups in total. The maximum Gasteiger partial charge on any atom is 0.256 e. The molecule has 3 aliphatic rings. The molecule has 9 heteroatoms. The van der Waals surface area contributed by atoms with Crippen molar-refractivity contribution in [3.8, 4) is 0 Å². The molecule has 0 radical (unpaired) electrons. The van der Waals surface area contributed by atoms with E-state index in [1.807, 2.05) is 23.6 Å². The highest BCUT2D eigenvalue weighted by Gasteiger charge is 2.42. The summed E-state index contributed by atoms with van der Waals surface area (Å²) in [6, 6.07) is 2.96. The fourth-order valence-corrected chi connectivity index (χ4v) is 5.00. The van der Waals surface area contributed by atoms with Crippen LogP contribution in [-0.2, 0) is 9.59 Å². The van der Waals surface area contributed by atoms with Crippen LogP contribution in [0.4, 0.5) is 5.82 Å². The van der Waals surface area contributed by atoms with Gasteiger partial charge in [0, 0.05) is 50.2 Å². The summed E-state index contributed by atoms with van der Waals surface area (Å²) in [4.78, 5) is 46.0. The Balaban J connectivity index is 1.49. The lowest BCUT2D eigenvalue weighted by molar-refractivity contribution is -0.144. The van der Waals surface area contributed by atoms with Crippen molar-refractivity contribution in [3.63, 3.8) is 0 Å². The van der Waals surface area contributed by atoms with E-state index < -0.39 is 11.7 Å². The molecule has 0 bridgehead atoms. The molecule has 28 heavy (non-hydrogen) atoms. The number of pyridine rings is 1. The molecule has 1 aromatic rings. The van der Waals surface area contributed by atoms with Crippen molar-refractivity contribution in [2.24, 2.45) is 0 Å². The maximum absolute atomic E-state index is 12.9. The van der Waals surface area contributed by atoms with Crippen molar-refractivity contribution in [2.75, 3.05) is 36.5 Å². The number of nitrogens with zero attached hydrogens (tertiary/aromatic N) is 3. The normalized spacial score (nSPS) is 26.2. The molecule has 3 aliphatic heterocycles. The second kappa shape index (κ2) is 7.62. The van der Waals surface area contributed by atoms with Crippen molar-refractivity contribution in [1.29, 1.82) is 0 Å². The minimum atomic E-state index is -0.715. The quantitative estimate of drug-likeness (QED) is 0.762. The van der Waals surface area contributed by atoms with Gasteiger partial charge < -0.3 is 20.4 Å². The highest BCUT2D eigenvalue weighted by Crippen LogP contribution is 2.31. The SMILES string of the molecule is CC(C(=O)N1CCSCC1)N1CCC2(CCC1=O)NC(=O)c1cccnc1N2. The van der Waals surface area contributed by atoms with Crippen LogP contribution in [0.25, 0.3) is 0 Å². The third-order valence-electron chi connectivity index (χ3n) is 5.78. The van der Waals surface area contributed by atoms with Crippen molar-refractivity contribution >= 4 is 35.3 Å². The molecule has 2 atom stereocenters. The molecular weight excluding hydrogens is 378 g/mol. The number of rotatable bonds is 2. The van der Waals surface area contributed by atoms with Crippen LogP contribution in [0.1, 0.15) is 36.5 Å². The molecule has 150 valence electrons. The zero-order valence-electron chi connectivity index (χ0n) is 15.9. The lowest BCUT2D eigenvalue weighted by Gasteiger charge is -2.39. The summed E-state index contributed by atoms with van der Waals surface area (Å²) < 4.78 is 0. The lowest BCUT2D eigenvalue weighted by atomic mass is 9.97. The van der Waals surface area contributed by atoms with Gasteiger partial charge in [-0.05, 0) is 25.5 Å². The van der Waals surface area contributed by atoms with Gasteiger partial charge in [-0.15, -0.1) is 0 Å². The second-order valence-corrected chi connectivity index (χ2v) is 8.74. The van der Waals surface area contributed by atoms with Gasteiger partial charge in [0.25, 0.3) is 5.91 Å². The maximum atomic E-state index is 12.9. The second-order valence-electron chi connectivity index (χ2n) is 7.51. The highest BCUT2D eigenvalue weighted by molar-refractivity contribution is 7.99. The van der Waals surface area contributed by atoms with Crippen molar-refractivity contribution in [1.82, 2.24) is 20.1 Å². The van der Waals surface area contributed by atoms with Gasteiger partial charge in [0.05, 0.1) is 5.56 Å². The molecular formula is C19H25N5O3S. The Labute approximate surface area is 168 Å². The predicted molar refractivity (Wildman–Crippen MR) is 107 cm³/mol. The number of anilines is 1. The fraction of sp³-hybridized carbons (Fsp3) is 0.579. The minimum absolute atomic E-state index is 0.0113. The van der Waals surface area contributed by atoms with Gasteiger partial charge in [-0.3, -0.25) is 14.4 Å². The van der Waals surface area contributed by atoms with Gasteiger partial charge in [-0.25, -0.2) is 4.98 Å². The topological polar surface area (TPSA) is 94.6 Å². The number of thioether (sulfide) groups is 1. The van der Waals surface area contributed by atoms with E-state index in [4.69, 9.17) is 0 Å². The average Bonchev–Trinajstić information content (AvgIpc) is 2.87. The Morgan fingerprint density at radius 2 is 2.00 bits per heavy atom. The molecule has 2 unspecified atom stereocenters. The van der Waals surface area contributed by atoms with Crippen LogP contribution in [0.5, 0.6) is 0 Å². The highest BCUT2D eigenvalue weighted by atomic mass is 32.2. The molecule has 0 aliphatic carbocycles. The third-order valence-corrected chi connectivity index (χ3v) is 6.72. The smallest absolute Gasteiger partial charge is 0.256 e. The van der Waals surface area contributed by atoms with E-state index in [2.05, 4.69) is 15.6 Å². The number of carbonyl (C=O) groups is 3. The zero-order chi connectivity index (χ0) is 19.7. The largest absolute Gasteiger partial charge is 0.347 e. The number of nitrogens with one attached hydrogen (secondary N) is 2. The molecule has 2 saturated heterocycles. The Hall–Kier alpha value is -2.29. The summed E-state index contributed by atoms with van der Waals surface area (Å²) in [6.07, 6.45) is 2.90. The molecule has 4 heterocycles. The summed E-state index contributed by atoms with van der Waals surface area (Å²) >= 11 is 1.85. The van der Waals surface area contributed by atoms with Crippen LogP contribution in [0.3, 0.4) is 0 Å². The van der Waals surface area contributed by atoms with Gasteiger partial charge in [-0.1, -0.05) is 0 Å². The van der Waals surface area contributed by atoms with Crippen LogP contribution >= 0.6 is 11.8 Å². The molecule has 8 nitrogen and oxygen atoms in total. The lowest BCUT2D eigenvalue weighted by Crippen LogP contribution is -2.58. The van der Waals surface area contributed by atoms with Crippen LogP contribution in [0, 0.1) is 0 Å². The third kappa shape index (κ3) is 3.55. The van der Waals surface area contributed by atoms with E-state index in [1.165, 1.54) is 0 Å². The van der Waals surface area contributed by atoms with E-state index >= 15 is 0 Å². The molecule has 1 spiro atoms. The van der Waals surface area contributed by atoms with Crippen molar-refractivity contribution < 1.29 is 14.4 Å². The summed E-state index contributed by atoms with van der Waals surface area (Å²) in [5.41, 5.74) is -0.208. The number of aromatic nitrogens is 1. The summed E-state index contributed by atoms with van der Waals surface area (Å²) in [5, 5.41) is 6.37. The van der Waals surface area contributed by atoms with Gasteiger partial charge in [0.1, 0.15) is 17.5 Å². The van der Waals surface area contributed by atoms with Crippen LogP contribution in [0.15, 0.2) is 18.3 Å². The van der Waals surface area contributed by atoms with Gasteiger partial charge >= 0.3 is 0 Å². The molecule has 3 amide bonds. The number of likely N-dealkylation sites (tertiary alicyclic amines) is 1. The predicted octanol–water partition coefficient (Wildman–Crippen LogP) is 0.910. The number of amides is 3. The Morgan fingerprint density at radius 3 is 2.79 bits per heavy atom. The first-order valence-electron chi connectivity index (χ1n) is 9.71. The van der Waals surface area contributed by atoms with Gasteiger partial charge in [0.2, 0.25) is 11.8 Å². The summed E-state index contributed by atoms with van der Waals surface area (Å²) in [5.74, 6) is 2.21. The Kier molecular flexibility index (Phi) is 5.18. The molecule has 1 aromatic heterocycles. The van der Waals surface area contributed by atoms with E-state index in [0.29, 0.717) is 30.8 Å². The average molecular weight is 404 g/mol. The number of hydrogen-bond acceptors (Lipinski definition) is 6. The number of hydrogen-bond donors (Lipinski definition) is 2. The fourth-order valence-electron chi connectivity index (χ4n) is 4.10. The summed E-state index contributed by atoms with van der Waals surface area (Å²) in [7, 11) is 0. The van der Waals surface area contributed by atoms with Crippen LogP contribution in [-0.4, -0.2) is 75.4 Å². The van der Waals surface area contributed by atoms with Gasteiger partial charge in [-0.2, -0.15) is 11.8 Å². The van der Waals surface area contributed by atoms with Crippen LogP contribution < -0.4 is 10.6 Å². The van der Waals surface area contributed by atoms with E-state index in [-0.39, 0.29) is 24.1 Å². The molecule has 2 fully saturated rings. The molecule has 0 aromatic carbocycles. The Bertz CT molecular complexity index is 798. The standard InChI is InChI=1S/C19H25N5O3S/c1-13(18(27)23-9-11-28-12-10-23)24-8-6-19(5-4-15(24)25)21-16-14(17(26)22-19)3-2-7-20-16/h2-3,7,13H,4-6,8-12H2,1H3,(H,20,21)(H,22,26). The van der Waals surface area contributed by atoms with E-state index in [9.17, 15) is 14.4 Å². The van der Waals surface area contributed by atoms with E-state index in [0.717, 1.165) is 24.6 Å². The van der Waals surface area contributed by atoms with Crippen molar-refractivity contribution in [3.05, 3.63) is 23.9 Å². The Morgan fingerprint density at radius 1 is 1.21 bits per heavy atom. The van der Waals surface area contributed by atoms with E-state index in [1.54, 1.807) is 23.2 Å². The minimum Gasteiger partial charge on any atom is -0.347 e. The summed E-state index contributed by atoms with van der Waals surface area (Å²) in [6.45, 7) is 3.69. The number of carbonyl (C=O) groups excluding carboxylic acids is 3. The molecule has 4 rings (SSSR count). The monoisotopic (exact) mass is 403 g/mol. The zero-order valence-corrected chi connectivity index (χ0v) is 16.8. The number of fused-ring (bicyclic) bond motifs is 1. The molecule has 0 saturated carbocycles. The first-order valence-corrected chi connectivity index (χ1v) is 10.9. The van der Waals surface area contributed by atoms with Gasteiger partial charge in [0.15, 0.2) is 0 Å². The van der Waals surface area contributed by atoms with Crippen molar-refractivity contribution in [2.45, 2.75) is 37.9 Å².